The highest BCUT2D eigenvalue weighted by Crippen LogP contribution is 2.33. The average molecular weight is 399 g/mol. The zero-order valence-electron chi connectivity index (χ0n) is 15.5. The van der Waals surface area contributed by atoms with Gasteiger partial charge >= 0.3 is 7.12 Å². The van der Waals surface area contributed by atoms with Gasteiger partial charge in [0.1, 0.15) is 5.75 Å². The summed E-state index contributed by atoms with van der Waals surface area (Å²) < 4.78 is 5.43. The molecule has 0 saturated carbocycles. The first kappa shape index (κ1) is 20.8. The largest absolute Gasteiger partial charge is 0.547 e. The summed E-state index contributed by atoms with van der Waals surface area (Å²) in [6.45, 7) is 0.551. The van der Waals surface area contributed by atoms with Crippen molar-refractivity contribution in [2.75, 3.05) is 13.1 Å². The molecule has 2 aromatic rings. The van der Waals surface area contributed by atoms with Crippen LogP contribution in [0.3, 0.4) is 0 Å². The summed E-state index contributed by atoms with van der Waals surface area (Å²) in [6.07, 6.45) is -1.54. The number of amides is 2. The zero-order valence-corrected chi connectivity index (χ0v) is 15.5. The van der Waals surface area contributed by atoms with Crippen LogP contribution in [0.25, 0.3) is 0 Å². The number of fused-ring (bicyclic) bond motifs is 1. The van der Waals surface area contributed by atoms with Gasteiger partial charge in [-0.3, -0.25) is 9.59 Å². The summed E-state index contributed by atoms with van der Waals surface area (Å²) in [6, 6.07) is 11.1. The van der Waals surface area contributed by atoms with Crippen LogP contribution in [-0.4, -0.2) is 53.2 Å². The Labute approximate surface area is 167 Å². The number of aliphatic hydroxyl groups is 2. The van der Waals surface area contributed by atoms with Crippen LogP contribution in [0.2, 0.25) is 0 Å². The molecule has 3 rings (SSSR count). The minimum atomic E-state index is -1.75. The van der Waals surface area contributed by atoms with E-state index in [1.165, 1.54) is 18.2 Å². The first-order valence-electron chi connectivity index (χ1n) is 9.13. The first-order chi connectivity index (χ1) is 13.9. The van der Waals surface area contributed by atoms with Gasteiger partial charge in [0.2, 0.25) is 0 Å². The maximum Gasteiger partial charge on any atom is 0.547 e. The van der Waals surface area contributed by atoms with Crippen molar-refractivity contribution in [3.63, 3.8) is 0 Å². The van der Waals surface area contributed by atoms with Gasteiger partial charge < -0.3 is 36.3 Å². The standard InChI is InChI=1S/C19H22BN3O6/c21-8-9-22-17(24)12-5-1-2-6-13(12)18(25)23-15-10-11-4-3-7-14(19(26)27)16(11)29-20(15)28/h1-7,15,19,26-28H,8-10,21H2,(H,22,24)(H,23,25)/t15-/m0/s1. The highest BCUT2D eigenvalue weighted by Gasteiger charge is 2.38. The Hall–Kier alpha value is -2.92. The van der Waals surface area contributed by atoms with Gasteiger partial charge in [-0.15, -0.1) is 0 Å². The maximum absolute atomic E-state index is 12.8. The SMILES string of the molecule is NCCNC(=O)c1ccccc1C(=O)N[C@H]1Cc2cccc(C(O)O)c2OB1O. The van der Waals surface area contributed by atoms with Crippen LogP contribution in [0.4, 0.5) is 0 Å². The third-order valence-corrected chi connectivity index (χ3v) is 4.59. The molecule has 29 heavy (non-hydrogen) atoms. The molecule has 2 amide bonds. The highest BCUT2D eigenvalue weighted by atomic mass is 16.5. The predicted octanol–water partition coefficient (Wildman–Crippen LogP) is -0.888. The van der Waals surface area contributed by atoms with Gasteiger partial charge in [-0.1, -0.05) is 30.3 Å². The van der Waals surface area contributed by atoms with Crippen molar-refractivity contribution in [3.05, 3.63) is 64.7 Å². The summed E-state index contributed by atoms with van der Waals surface area (Å²) >= 11 is 0. The van der Waals surface area contributed by atoms with E-state index in [0.717, 1.165) is 0 Å². The second-order valence-corrected chi connectivity index (χ2v) is 6.59. The maximum atomic E-state index is 12.8. The number of aliphatic hydroxyl groups excluding tert-OH is 1. The molecular weight excluding hydrogens is 377 g/mol. The number of carbonyl (C=O) groups excluding carboxylic acids is 2. The van der Waals surface area contributed by atoms with Crippen LogP contribution < -0.4 is 21.0 Å². The quantitative estimate of drug-likeness (QED) is 0.272. The molecule has 0 bridgehead atoms. The first-order valence-corrected chi connectivity index (χ1v) is 9.13. The molecule has 1 aliphatic rings. The molecule has 1 heterocycles. The molecule has 10 heteroatoms. The van der Waals surface area contributed by atoms with Gasteiger partial charge in [0.05, 0.1) is 17.1 Å². The molecule has 7 N–H and O–H groups in total. The molecular formula is C19H22BN3O6. The van der Waals surface area contributed by atoms with Gasteiger partial charge in [-0.05, 0) is 24.1 Å². The molecule has 1 atom stereocenters. The zero-order chi connectivity index (χ0) is 21.0. The van der Waals surface area contributed by atoms with E-state index in [9.17, 15) is 24.8 Å². The van der Waals surface area contributed by atoms with Crippen LogP contribution in [0.1, 0.15) is 38.1 Å². The smallest absolute Gasteiger partial charge is 0.534 e. The Bertz CT molecular complexity index is 907. The number of carbonyl (C=O) groups is 2. The van der Waals surface area contributed by atoms with Crippen molar-refractivity contribution in [2.45, 2.75) is 18.7 Å². The van der Waals surface area contributed by atoms with Crippen molar-refractivity contribution in [3.8, 4) is 5.75 Å². The van der Waals surface area contributed by atoms with E-state index in [4.69, 9.17) is 10.4 Å². The molecule has 0 fully saturated rings. The van der Waals surface area contributed by atoms with Crippen LogP contribution in [0.5, 0.6) is 5.75 Å². The summed E-state index contributed by atoms with van der Waals surface area (Å²) in [5.74, 6) is -1.57. The highest BCUT2D eigenvalue weighted by molar-refractivity contribution is 6.47. The number of para-hydroxylation sites is 1. The lowest BCUT2D eigenvalue weighted by Gasteiger charge is -2.30. The fourth-order valence-corrected chi connectivity index (χ4v) is 3.18. The van der Waals surface area contributed by atoms with Gasteiger partial charge in [-0.2, -0.15) is 0 Å². The van der Waals surface area contributed by atoms with E-state index < -0.39 is 31.2 Å². The van der Waals surface area contributed by atoms with Crippen LogP contribution >= 0.6 is 0 Å². The summed E-state index contributed by atoms with van der Waals surface area (Å²) in [5, 5.41) is 34.5. The molecule has 0 radical (unpaired) electrons. The molecule has 1 aliphatic heterocycles. The summed E-state index contributed by atoms with van der Waals surface area (Å²) in [7, 11) is -1.40. The minimum absolute atomic E-state index is 0.133. The van der Waals surface area contributed by atoms with Crippen molar-refractivity contribution < 1.29 is 29.5 Å². The lowest BCUT2D eigenvalue weighted by molar-refractivity contribution is -0.0436. The van der Waals surface area contributed by atoms with E-state index in [2.05, 4.69) is 10.6 Å². The summed E-state index contributed by atoms with van der Waals surface area (Å²) in [4.78, 5) is 25.1. The number of rotatable bonds is 6. The average Bonchev–Trinajstić information content (AvgIpc) is 2.71. The molecule has 9 nitrogen and oxygen atoms in total. The number of hydrogen-bond donors (Lipinski definition) is 6. The number of benzene rings is 2. The topological polar surface area (TPSA) is 154 Å². The molecule has 0 unspecified atom stereocenters. The summed E-state index contributed by atoms with van der Waals surface area (Å²) in [5.41, 5.74) is 6.48. The van der Waals surface area contributed by atoms with Crippen molar-refractivity contribution in [1.29, 1.82) is 0 Å². The number of hydrogen-bond acceptors (Lipinski definition) is 7. The van der Waals surface area contributed by atoms with Crippen LogP contribution in [0, 0.1) is 0 Å². The van der Waals surface area contributed by atoms with Crippen molar-refractivity contribution >= 4 is 18.9 Å². The second kappa shape index (κ2) is 9.06. The molecule has 0 saturated heterocycles. The van der Waals surface area contributed by atoms with E-state index in [0.29, 0.717) is 5.56 Å². The Morgan fingerprint density at radius 2 is 1.83 bits per heavy atom. The number of nitrogens with two attached hydrogens (primary N) is 1. The van der Waals surface area contributed by atoms with E-state index >= 15 is 0 Å². The molecule has 0 aliphatic carbocycles. The van der Waals surface area contributed by atoms with E-state index in [1.807, 2.05) is 0 Å². The molecule has 2 aromatic carbocycles. The Morgan fingerprint density at radius 3 is 2.48 bits per heavy atom. The third-order valence-electron chi connectivity index (χ3n) is 4.59. The minimum Gasteiger partial charge on any atom is -0.534 e. The van der Waals surface area contributed by atoms with Crippen molar-refractivity contribution in [2.24, 2.45) is 5.73 Å². The van der Waals surface area contributed by atoms with E-state index in [-0.39, 0.29) is 42.0 Å². The Balaban J connectivity index is 1.79. The fourth-order valence-electron chi connectivity index (χ4n) is 3.18. The normalized spacial score (nSPS) is 15.5. The van der Waals surface area contributed by atoms with Gasteiger partial charge in [0, 0.05) is 18.7 Å². The third kappa shape index (κ3) is 4.57. The molecule has 0 spiro atoms. The van der Waals surface area contributed by atoms with Gasteiger partial charge in [0.25, 0.3) is 11.8 Å². The Morgan fingerprint density at radius 1 is 1.14 bits per heavy atom. The van der Waals surface area contributed by atoms with Crippen LogP contribution in [0.15, 0.2) is 42.5 Å². The fraction of sp³-hybridized carbons (Fsp3) is 0.263. The van der Waals surface area contributed by atoms with Crippen LogP contribution in [-0.2, 0) is 6.42 Å². The predicted molar refractivity (Wildman–Crippen MR) is 105 cm³/mol. The van der Waals surface area contributed by atoms with Crippen molar-refractivity contribution in [1.82, 2.24) is 10.6 Å². The van der Waals surface area contributed by atoms with Gasteiger partial charge in [0.15, 0.2) is 6.29 Å². The Kier molecular flexibility index (Phi) is 6.50. The van der Waals surface area contributed by atoms with E-state index in [1.54, 1.807) is 24.3 Å². The number of nitrogens with one attached hydrogen (secondary N) is 2. The molecule has 152 valence electrons. The monoisotopic (exact) mass is 399 g/mol. The second-order valence-electron chi connectivity index (χ2n) is 6.59. The lowest BCUT2D eigenvalue weighted by Crippen LogP contribution is -2.53. The lowest BCUT2D eigenvalue weighted by atomic mass is 9.72. The molecule has 0 aromatic heterocycles. The van der Waals surface area contributed by atoms with Gasteiger partial charge in [-0.25, -0.2) is 0 Å².